The molecule has 7 aliphatic rings. The van der Waals surface area contributed by atoms with Crippen LogP contribution in [0, 0.1) is 33.5 Å². The van der Waals surface area contributed by atoms with Crippen LogP contribution in [-0.4, -0.2) is 63.4 Å². The summed E-state index contributed by atoms with van der Waals surface area (Å²) >= 11 is 0. The first-order valence-electron chi connectivity index (χ1n) is 17.5. The Hall–Kier alpha value is -2.57. The zero-order chi connectivity index (χ0) is 31.2. The maximum atomic E-state index is 14.9. The topological polar surface area (TPSA) is 81.0 Å². The van der Waals surface area contributed by atoms with Gasteiger partial charge >= 0.3 is 0 Å². The smallest absolute Gasteiger partial charge is 0.189 e. The van der Waals surface area contributed by atoms with Crippen molar-refractivity contribution < 1.29 is 20.1 Å². The molecule has 5 nitrogen and oxygen atoms in total. The molecular formula is C40H49NO4. The van der Waals surface area contributed by atoms with Gasteiger partial charge in [-0.1, -0.05) is 86.7 Å². The number of benzene rings is 2. The maximum absolute atomic E-state index is 14.9. The van der Waals surface area contributed by atoms with Crippen molar-refractivity contribution in [3.63, 3.8) is 0 Å². The Balaban J connectivity index is 1.22. The van der Waals surface area contributed by atoms with Gasteiger partial charge in [0.2, 0.25) is 0 Å². The molecule has 6 aliphatic carbocycles. The van der Waals surface area contributed by atoms with Gasteiger partial charge in [-0.2, -0.15) is 0 Å². The molecule has 3 N–H and O–H groups in total. The molecule has 1 aliphatic heterocycles. The fraction of sp³-hybridized carbons (Fsp3) is 0.575. The van der Waals surface area contributed by atoms with Crippen LogP contribution in [0.25, 0.3) is 11.1 Å². The first-order chi connectivity index (χ1) is 21.6. The van der Waals surface area contributed by atoms with Gasteiger partial charge in [-0.15, -0.1) is 0 Å². The van der Waals surface area contributed by atoms with E-state index in [1.54, 1.807) is 0 Å². The molecular weight excluding hydrogens is 558 g/mol. The molecule has 238 valence electrons. The summed E-state index contributed by atoms with van der Waals surface area (Å²) in [4.78, 5) is 17.2. The average molecular weight is 608 g/mol. The van der Waals surface area contributed by atoms with E-state index in [2.05, 4.69) is 61.2 Å². The summed E-state index contributed by atoms with van der Waals surface area (Å²) in [5.41, 5.74) is 1.80. The molecule has 45 heavy (non-hydrogen) atoms. The number of β-amino-alcohol motifs (C(OH)–C–C–N with tert-alkyl or cyclic N) is 1. The molecule has 0 amide bonds. The standard InChI is InChI=1S/C40H49NO4/c1-36-17-14-31(43)23-38(36)20-21-40(32(24-38)35(44)29-12-10-28(11-13-29)27-7-4-3-5-8-27)33(36)15-18-37(2)34(40)16-19-39(37,45)26-41-22-6-9-30(41)25-42/h3-5,7-8,10-13,20-21,24,30-31,33-34,42-43,45H,6,9,14-19,22-23,25-26H2,1-2H3/t30-,31?,33+,34+,36+,37-,38-,39+,40+/m0/s1. The summed E-state index contributed by atoms with van der Waals surface area (Å²) in [6, 6.07) is 18.5. The molecule has 4 fully saturated rings. The first kappa shape index (κ1) is 29.8. The fourth-order valence-electron chi connectivity index (χ4n) is 11.8. The van der Waals surface area contributed by atoms with Gasteiger partial charge in [0.15, 0.2) is 5.78 Å². The summed E-state index contributed by atoms with van der Waals surface area (Å²) < 4.78 is 0. The Morgan fingerprint density at radius 1 is 0.867 bits per heavy atom. The molecule has 2 spiro atoms. The predicted molar refractivity (Wildman–Crippen MR) is 176 cm³/mol. The van der Waals surface area contributed by atoms with Gasteiger partial charge in [-0.25, -0.2) is 0 Å². The minimum atomic E-state index is -0.871. The van der Waals surface area contributed by atoms with Gasteiger partial charge in [0.1, 0.15) is 0 Å². The quantitative estimate of drug-likeness (QED) is 0.255. The third-order valence-electron chi connectivity index (χ3n) is 14.4. The number of aliphatic hydroxyl groups is 3. The molecule has 2 aromatic rings. The summed E-state index contributed by atoms with van der Waals surface area (Å²) in [5, 5.41) is 33.7. The van der Waals surface area contributed by atoms with Gasteiger partial charge in [-0.05, 0) is 92.7 Å². The molecule has 0 radical (unpaired) electrons. The molecule has 0 aromatic heterocycles. The van der Waals surface area contributed by atoms with E-state index in [1.165, 1.54) is 0 Å². The van der Waals surface area contributed by atoms with Crippen LogP contribution in [0.2, 0.25) is 0 Å². The van der Waals surface area contributed by atoms with Crippen LogP contribution in [0.4, 0.5) is 0 Å². The number of carbonyl (C=O) groups is 1. The van der Waals surface area contributed by atoms with Crippen molar-refractivity contribution in [2.45, 2.75) is 89.4 Å². The Kier molecular flexibility index (Phi) is 6.76. The lowest BCUT2D eigenvalue weighted by molar-refractivity contribution is -0.177. The van der Waals surface area contributed by atoms with Crippen LogP contribution in [0.1, 0.15) is 82.0 Å². The van der Waals surface area contributed by atoms with Crippen molar-refractivity contribution in [2.75, 3.05) is 19.7 Å². The number of hydrogen-bond donors (Lipinski definition) is 3. The Labute approximate surface area is 268 Å². The van der Waals surface area contributed by atoms with Crippen LogP contribution in [0.15, 0.2) is 78.4 Å². The van der Waals surface area contributed by atoms with Crippen molar-refractivity contribution in [3.05, 3.63) is 84.0 Å². The van der Waals surface area contributed by atoms with Crippen LogP contribution in [-0.2, 0) is 0 Å². The molecule has 2 bridgehead atoms. The number of hydrogen-bond acceptors (Lipinski definition) is 5. The monoisotopic (exact) mass is 607 g/mol. The maximum Gasteiger partial charge on any atom is 0.189 e. The van der Waals surface area contributed by atoms with Crippen LogP contribution in [0.3, 0.4) is 0 Å². The molecule has 9 rings (SSSR count). The van der Waals surface area contributed by atoms with Crippen LogP contribution in [0.5, 0.6) is 0 Å². The number of nitrogens with zero attached hydrogens (tertiary/aromatic N) is 1. The predicted octanol–water partition coefficient (Wildman–Crippen LogP) is 6.58. The highest BCUT2D eigenvalue weighted by atomic mass is 16.3. The number of carbonyl (C=O) groups excluding carboxylic acids is 1. The minimum absolute atomic E-state index is 0.0408. The molecule has 9 atom stereocenters. The summed E-state index contributed by atoms with van der Waals surface area (Å²) in [6.45, 7) is 6.41. The van der Waals surface area contributed by atoms with Gasteiger partial charge in [-0.3, -0.25) is 9.69 Å². The highest BCUT2D eigenvalue weighted by Crippen LogP contribution is 2.78. The number of likely N-dealkylation sites (tertiary alicyclic amines) is 1. The number of Topliss-reactive ketones (excluding diaryl/α,β-unsaturated/α-hetero) is 1. The Morgan fingerprint density at radius 3 is 2.31 bits per heavy atom. The number of rotatable bonds is 6. The van der Waals surface area contributed by atoms with E-state index < -0.39 is 11.0 Å². The van der Waals surface area contributed by atoms with Crippen molar-refractivity contribution in [1.29, 1.82) is 0 Å². The lowest BCUT2D eigenvalue weighted by Gasteiger charge is -2.71. The Morgan fingerprint density at radius 2 is 1.56 bits per heavy atom. The van der Waals surface area contributed by atoms with Crippen molar-refractivity contribution in [1.82, 2.24) is 4.90 Å². The average Bonchev–Trinajstić information content (AvgIpc) is 3.61. The molecule has 3 saturated carbocycles. The second kappa shape index (κ2) is 10.2. The summed E-state index contributed by atoms with van der Waals surface area (Å²) in [7, 11) is 0. The van der Waals surface area contributed by atoms with Crippen LogP contribution < -0.4 is 0 Å². The minimum Gasteiger partial charge on any atom is -0.395 e. The van der Waals surface area contributed by atoms with E-state index in [0.717, 1.165) is 74.6 Å². The molecule has 1 saturated heterocycles. The third kappa shape index (κ3) is 3.97. The van der Waals surface area contributed by atoms with Gasteiger partial charge in [0.25, 0.3) is 0 Å². The van der Waals surface area contributed by atoms with E-state index >= 15 is 0 Å². The zero-order valence-electron chi connectivity index (χ0n) is 26.9. The largest absolute Gasteiger partial charge is 0.395 e. The summed E-state index contributed by atoms with van der Waals surface area (Å²) in [5.74, 6) is 0.526. The number of ketones is 1. The van der Waals surface area contributed by atoms with Crippen molar-refractivity contribution in [2.24, 2.45) is 33.5 Å². The first-order valence-corrected chi connectivity index (χ1v) is 17.5. The normalized spacial score (nSPS) is 43.4. The third-order valence-corrected chi connectivity index (χ3v) is 14.4. The number of allylic oxidation sites excluding steroid dienone is 4. The second-order valence-electron chi connectivity index (χ2n) is 16.0. The zero-order valence-corrected chi connectivity index (χ0v) is 26.9. The lowest BCUT2D eigenvalue weighted by Crippen LogP contribution is -2.67. The van der Waals surface area contributed by atoms with Crippen molar-refractivity contribution in [3.8, 4) is 11.1 Å². The van der Waals surface area contributed by atoms with E-state index in [4.69, 9.17) is 0 Å². The van der Waals surface area contributed by atoms with Crippen LogP contribution >= 0.6 is 0 Å². The molecule has 1 unspecified atom stereocenters. The van der Waals surface area contributed by atoms with E-state index in [9.17, 15) is 20.1 Å². The highest BCUT2D eigenvalue weighted by molar-refractivity contribution is 6.10. The molecule has 5 heteroatoms. The Bertz CT molecular complexity index is 1550. The molecule has 2 aromatic carbocycles. The number of fused-ring (bicyclic) bond motifs is 1. The second-order valence-corrected chi connectivity index (χ2v) is 16.0. The van der Waals surface area contributed by atoms with E-state index in [0.29, 0.717) is 18.5 Å². The fourth-order valence-corrected chi connectivity index (χ4v) is 11.8. The van der Waals surface area contributed by atoms with E-state index in [-0.39, 0.29) is 52.6 Å². The van der Waals surface area contributed by atoms with Gasteiger partial charge in [0.05, 0.1) is 18.3 Å². The highest BCUT2D eigenvalue weighted by Gasteiger charge is 2.74. The van der Waals surface area contributed by atoms with E-state index in [1.807, 2.05) is 30.3 Å². The van der Waals surface area contributed by atoms with Gasteiger partial charge in [0, 0.05) is 40.0 Å². The SMILES string of the molecule is C[C@]12CC[C@H]3[C@]4(C=C[C@@]5(C=C4C(=O)c4ccc(-c6ccccc6)cc4)CC(O)CC[C@]35C)[C@@H]1CC[C@@]2(O)CN1CCC[C@H]1CO. The summed E-state index contributed by atoms with van der Waals surface area (Å²) in [6.07, 6.45) is 14.7. The lowest BCUT2D eigenvalue weighted by atomic mass is 9.32. The molecule has 1 heterocycles. The van der Waals surface area contributed by atoms with Crippen molar-refractivity contribution >= 4 is 5.78 Å². The van der Waals surface area contributed by atoms with Gasteiger partial charge < -0.3 is 15.3 Å². The number of aliphatic hydroxyl groups excluding tert-OH is 2.